The van der Waals surface area contributed by atoms with Gasteiger partial charge in [-0.3, -0.25) is 4.79 Å². The van der Waals surface area contributed by atoms with Gasteiger partial charge in [0.2, 0.25) is 0 Å². The molecular weight excluding hydrogens is 344 g/mol. The first-order valence-corrected chi connectivity index (χ1v) is 8.83. The van der Waals surface area contributed by atoms with Crippen LogP contribution < -0.4 is 10.1 Å². The van der Waals surface area contributed by atoms with Crippen molar-refractivity contribution in [3.8, 4) is 5.75 Å². The Labute approximate surface area is 158 Å². The highest BCUT2D eigenvalue weighted by molar-refractivity contribution is 5.91. The van der Waals surface area contributed by atoms with Crippen molar-refractivity contribution in [3.63, 3.8) is 0 Å². The van der Waals surface area contributed by atoms with Gasteiger partial charge >= 0.3 is 0 Å². The minimum absolute atomic E-state index is 0.166. The van der Waals surface area contributed by atoms with E-state index in [9.17, 15) is 9.90 Å². The van der Waals surface area contributed by atoms with Crippen LogP contribution in [0.5, 0.6) is 5.75 Å². The lowest BCUT2D eigenvalue weighted by Crippen LogP contribution is -2.37. The Kier molecular flexibility index (Phi) is 6.11. The van der Waals surface area contributed by atoms with Crippen molar-refractivity contribution in [3.05, 3.63) is 66.1 Å². The molecule has 1 aromatic heterocycles. The third-order valence-electron chi connectivity index (χ3n) is 4.08. The lowest BCUT2D eigenvalue weighted by Gasteiger charge is -2.15. The monoisotopic (exact) mass is 368 g/mol. The molecule has 2 N–H and O–H groups in total. The summed E-state index contributed by atoms with van der Waals surface area (Å²) in [6, 6.07) is 17.2. The van der Waals surface area contributed by atoms with Crippen molar-refractivity contribution in [2.75, 3.05) is 27.2 Å². The molecule has 0 radical (unpaired) electrons. The fraction of sp³-hybridized carbons (Fsp3) is 0.286. The number of fused-ring (bicyclic) bond motifs is 1. The van der Waals surface area contributed by atoms with Crippen molar-refractivity contribution in [2.24, 2.45) is 0 Å². The SMILES string of the molecule is CN(C)CC(O)CNC(=O)c1ccc(COc2cccc3ccccc23)o1. The second kappa shape index (κ2) is 8.70. The van der Waals surface area contributed by atoms with Crippen molar-refractivity contribution in [2.45, 2.75) is 12.7 Å². The summed E-state index contributed by atoms with van der Waals surface area (Å²) in [5.41, 5.74) is 0. The number of carbonyl (C=O) groups excluding carboxylic acids is 1. The van der Waals surface area contributed by atoms with Crippen molar-refractivity contribution in [1.29, 1.82) is 0 Å². The van der Waals surface area contributed by atoms with Crippen molar-refractivity contribution >= 4 is 16.7 Å². The standard InChI is InChI=1S/C21H24N2O4/c1-23(2)13-16(24)12-22-21(25)20-11-10-17(27-20)14-26-19-9-5-7-15-6-3-4-8-18(15)19/h3-11,16,24H,12-14H2,1-2H3,(H,22,25). The molecular formula is C21H24N2O4. The van der Waals surface area contributed by atoms with E-state index in [1.807, 2.05) is 61.5 Å². The number of carbonyl (C=O) groups is 1. The first kappa shape index (κ1) is 18.9. The van der Waals surface area contributed by atoms with Crippen LogP contribution in [0.2, 0.25) is 0 Å². The zero-order valence-electron chi connectivity index (χ0n) is 15.5. The Balaban J connectivity index is 1.57. The number of furan rings is 1. The van der Waals surface area contributed by atoms with Gasteiger partial charge in [-0.15, -0.1) is 0 Å². The summed E-state index contributed by atoms with van der Waals surface area (Å²) >= 11 is 0. The van der Waals surface area contributed by atoms with Crippen LogP contribution in [0.4, 0.5) is 0 Å². The Bertz CT molecular complexity index is 899. The minimum Gasteiger partial charge on any atom is -0.485 e. The van der Waals surface area contributed by atoms with Gasteiger partial charge < -0.3 is 24.5 Å². The maximum Gasteiger partial charge on any atom is 0.287 e. The number of hydrogen-bond donors (Lipinski definition) is 2. The Morgan fingerprint density at radius 3 is 2.74 bits per heavy atom. The molecule has 3 aromatic rings. The molecule has 0 bridgehead atoms. The van der Waals surface area contributed by atoms with Crippen LogP contribution >= 0.6 is 0 Å². The number of hydrogen-bond acceptors (Lipinski definition) is 5. The molecule has 1 amide bonds. The van der Waals surface area contributed by atoms with Gasteiger partial charge in [0, 0.05) is 18.5 Å². The molecule has 0 saturated heterocycles. The average molecular weight is 368 g/mol. The zero-order valence-corrected chi connectivity index (χ0v) is 15.5. The largest absolute Gasteiger partial charge is 0.485 e. The van der Waals surface area contributed by atoms with Gasteiger partial charge in [-0.2, -0.15) is 0 Å². The first-order valence-electron chi connectivity index (χ1n) is 8.83. The predicted molar refractivity (Wildman–Crippen MR) is 104 cm³/mol. The Hall–Kier alpha value is -2.83. The summed E-state index contributed by atoms with van der Waals surface area (Å²) in [6.07, 6.45) is -0.631. The Morgan fingerprint density at radius 1 is 1.15 bits per heavy atom. The molecule has 3 rings (SSSR count). The molecule has 27 heavy (non-hydrogen) atoms. The summed E-state index contributed by atoms with van der Waals surface area (Å²) in [6.45, 7) is 0.868. The fourth-order valence-corrected chi connectivity index (χ4v) is 2.83. The molecule has 1 unspecified atom stereocenters. The van der Waals surface area contributed by atoms with Crippen LogP contribution in [0.1, 0.15) is 16.3 Å². The third kappa shape index (κ3) is 5.09. The van der Waals surface area contributed by atoms with E-state index in [0.717, 1.165) is 16.5 Å². The van der Waals surface area contributed by atoms with E-state index in [4.69, 9.17) is 9.15 Å². The van der Waals surface area contributed by atoms with E-state index in [2.05, 4.69) is 5.32 Å². The molecule has 142 valence electrons. The van der Waals surface area contributed by atoms with E-state index < -0.39 is 6.10 Å². The van der Waals surface area contributed by atoms with E-state index in [0.29, 0.717) is 12.3 Å². The van der Waals surface area contributed by atoms with Crippen molar-refractivity contribution < 1.29 is 19.1 Å². The molecule has 6 heteroatoms. The highest BCUT2D eigenvalue weighted by Gasteiger charge is 2.14. The van der Waals surface area contributed by atoms with E-state index in [1.54, 1.807) is 12.1 Å². The summed E-state index contributed by atoms with van der Waals surface area (Å²) in [5, 5.41) is 14.6. The fourth-order valence-electron chi connectivity index (χ4n) is 2.83. The van der Waals surface area contributed by atoms with E-state index in [-0.39, 0.29) is 24.8 Å². The average Bonchev–Trinajstić information content (AvgIpc) is 3.13. The number of benzene rings is 2. The molecule has 0 aliphatic heterocycles. The van der Waals surface area contributed by atoms with Gasteiger partial charge in [0.15, 0.2) is 5.76 Å². The van der Waals surface area contributed by atoms with E-state index in [1.165, 1.54) is 0 Å². The quantitative estimate of drug-likeness (QED) is 0.639. The maximum absolute atomic E-state index is 12.1. The smallest absolute Gasteiger partial charge is 0.287 e. The van der Waals surface area contributed by atoms with Crippen LogP contribution in [0.25, 0.3) is 10.8 Å². The summed E-state index contributed by atoms with van der Waals surface area (Å²) in [4.78, 5) is 14.0. The molecule has 0 spiro atoms. The number of nitrogens with one attached hydrogen (secondary N) is 1. The van der Waals surface area contributed by atoms with Gasteiger partial charge in [-0.05, 0) is 37.7 Å². The normalized spacial score (nSPS) is 12.3. The lowest BCUT2D eigenvalue weighted by atomic mass is 10.1. The van der Waals surface area contributed by atoms with Crippen LogP contribution in [-0.4, -0.2) is 49.2 Å². The summed E-state index contributed by atoms with van der Waals surface area (Å²) in [7, 11) is 3.72. The highest BCUT2D eigenvalue weighted by Crippen LogP contribution is 2.26. The predicted octanol–water partition coefficient (Wildman–Crippen LogP) is 2.66. The number of nitrogens with zero attached hydrogens (tertiary/aromatic N) is 1. The Morgan fingerprint density at radius 2 is 1.93 bits per heavy atom. The molecule has 1 heterocycles. The van der Waals surface area contributed by atoms with Gasteiger partial charge in [0.25, 0.3) is 5.91 Å². The molecule has 0 fully saturated rings. The number of amides is 1. The first-order chi connectivity index (χ1) is 13.0. The highest BCUT2D eigenvalue weighted by atomic mass is 16.5. The van der Waals surface area contributed by atoms with Gasteiger partial charge in [-0.25, -0.2) is 0 Å². The molecule has 1 atom stereocenters. The number of ether oxygens (including phenoxy) is 1. The third-order valence-corrected chi connectivity index (χ3v) is 4.08. The number of aliphatic hydroxyl groups is 1. The summed E-state index contributed by atoms with van der Waals surface area (Å²) < 4.78 is 11.4. The lowest BCUT2D eigenvalue weighted by molar-refractivity contribution is 0.0863. The van der Waals surface area contributed by atoms with Gasteiger partial charge in [0.05, 0.1) is 6.10 Å². The van der Waals surface area contributed by atoms with Crippen LogP contribution in [0.15, 0.2) is 59.0 Å². The maximum atomic E-state index is 12.1. The second-order valence-corrected chi connectivity index (χ2v) is 6.66. The molecule has 0 saturated carbocycles. The van der Waals surface area contributed by atoms with Crippen LogP contribution in [0, 0.1) is 0 Å². The second-order valence-electron chi connectivity index (χ2n) is 6.66. The van der Waals surface area contributed by atoms with Crippen molar-refractivity contribution in [1.82, 2.24) is 10.2 Å². The number of rotatable bonds is 8. The zero-order chi connectivity index (χ0) is 19.2. The molecule has 0 aliphatic carbocycles. The number of likely N-dealkylation sites (N-methyl/N-ethyl adjacent to an activating group) is 1. The number of aliphatic hydroxyl groups excluding tert-OH is 1. The minimum atomic E-state index is -0.631. The van der Waals surface area contributed by atoms with Crippen LogP contribution in [-0.2, 0) is 6.61 Å². The topological polar surface area (TPSA) is 74.9 Å². The van der Waals surface area contributed by atoms with Crippen LogP contribution in [0.3, 0.4) is 0 Å². The van der Waals surface area contributed by atoms with Gasteiger partial charge in [0.1, 0.15) is 18.1 Å². The van der Waals surface area contributed by atoms with Gasteiger partial charge in [-0.1, -0.05) is 36.4 Å². The molecule has 6 nitrogen and oxygen atoms in total. The summed E-state index contributed by atoms with van der Waals surface area (Å²) in [5.74, 6) is 1.16. The molecule has 2 aromatic carbocycles. The molecule has 0 aliphatic rings. The van der Waals surface area contributed by atoms with E-state index >= 15 is 0 Å².